The Labute approximate surface area is 159 Å². The zero-order chi connectivity index (χ0) is 18.2. The van der Waals surface area contributed by atoms with Gasteiger partial charge in [-0.1, -0.05) is 18.2 Å². The number of hydrogen-bond acceptors (Lipinski definition) is 3. The highest BCUT2D eigenvalue weighted by Crippen LogP contribution is 2.27. The Hall–Kier alpha value is -1.95. The summed E-state index contributed by atoms with van der Waals surface area (Å²) < 4.78 is 13.6. The quantitative estimate of drug-likeness (QED) is 0.443. The molecule has 2 N–H and O–H groups in total. The summed E-state index contributed by atoms with van der Waals surface area (Å²) in [4.78, 5) is 10.5. The van der Waals surface area contributed by atoms with Gasteiger partial charge < -0.3 is 10.6 Å². The number of aliphatic imine (C=N–C) groups is 1. The normalized spacial score (nSPS) is 14.2. The number of nitrogens with one attached hydrogen (secondary N) is 2. The molecule has 1 aliphatic rings. The SMILES string of the molecule is CN=C(NCCCc1nc2c(s1)CCCC2)NCCc1ccccc1F. The second-order valence-electron chi connectivity index (χ2n) is 6.56. The van der Waals surface area contributed by atoms with Gasteiger partial charge in [0.05, 0.1) is 10.7 Å². The van der Waals surface area contributed by atoms with Crippen LogP contribution in [0.4, 0.5) is 4.39 Å². The van der Waals surface area contributed by atoms with Gasteiger partial charge in [0, 0.05) is 31.4 Å². The van der Waals surface area contributed by atoms with Crippen LogP contribution < -0.4 is 10.6 Å². The fraction of sp³-hybridized carbons (Fsp3) is 0.500. The Kier molecular flexibility index (Phi) is 7.00. The van der Waals surface area contributed by atoms with E-state index in [0.29, 0.717) is 13.0 Å². The molecule has 3 rings (SSSR count). The van der Waals surface area contributed by atoms with Gasteiger partial charge in [-0.2, -0.15) is 0 Å². The first-order valence-corrected chi connectivity index (χ1v) is 10.2. The van der Waals surface area contributed by atoms with E-state index in [1.165, 1.54) is 40.9 Å². The summed E-state index contributed by atoms with van der Waals surface area (Å²) in [5, 5.41) is 7.83. The minimum absolute atomic E-state index is 0.150. The van der Waals surface area contributed by atoms with Crippen LogP contribution in [0.3, 0.4) is 0 Å². The highest BCUT2D eigenvalue weighted by molar-refractivity contribution is 7.11. The molecule has 6 heteroatoms. The molecule has 1 heterocycles. The Morgan fingerprint density at radius 2 is 1.96 bits per heavy atom. The van der Waals surface area contributed by atoms with Crippen LogP contribution in [-0.2, 0) is 25.7 Å². The van der Waals surface area contributed by atoms with Gasteiger partial charge in [0.15, 0.2) is 5.96 Å². The molecule has 1 aliphatic carbocycles. The summed E-state index contributed by atoms with van der Waals surface area (Å²) in [5.74, 6) is 0.614. The molecule has 0 aliphatic heterocycles. The van der Waals surface area contributed by atoms with Gasteiger partial charge in [-0.3, -0.25) is 4.99 Å². The van der Waals surface area contributed by atoms with Gasteiger partial charge in [-0.05, 0) is 50.2 Å². The van der Waals surface area contributed by atoms with Gasteiger partial charge in [-0.15, -0.1) is 11.3 Å². The van der Waals surface area contributed by atoms with Crippen LogP contribution in [0.2, 0.25) is 0 Å². The van der Waals surface area contributed by atoms with Crippen molar-refractivity contribution in [3.05, 3.63) is 51.2 Å². The van der Waals surface area contributed by atoms with E-state index in [2.05, 4.69) is 15.6 Å². The third kappa shape index (κ3) is 5.27. The molecular formula is C20H27FN4S. The van der Waals surface area contributed by atoms with Gasteiger partial charge in [0.2, 0.25) is 0 Å². The molecule has 1 aromatic heterocycles. The summed E-state index contributed by atoms with van der Waals surface area (Å²) >= 11 is 1.89. The lowest BCUT2D eigenvalue weighted by atomic mass is 10.0. The van der Waals surface area contributed by atoms with Crippen molar-refractivity contribution in [2.45, 2.75) is 44.9 Å². The lowest BCUT2D eigenvalue weighted by molar-refractivity contribution is 0.606. The topological polar surface area (TPSA) is 49.3 Å². The van der Waals surface area contributed by atoms with Crippen LogP contribution in [0.15, 0.2) is 29.3 Å². The van der Waals surface area contributed by atoms with Crippen molar-refractivity contribution in [3.8, 4) is 0 Å². The third-order valence-corrected chi connectivity index (χ3v) is 5.84. The molecule has 0 bridgehead atoms. The van der Waals surface area contributed by atoms with Crippen molar-refractivity contribution in [3.63, 3.8) is 0 Å². The maximum Gasteiger partial charge on any atom is 0.190 e. The van der Waals surface area contributed by atoms with E-state index in [4.69, 9.17) is 4.98 Å². The maximum atomic E-state index is 13.6. The van der Waals surface area contributed by atoms with E-state index in [0.717, 1.165) is 37.3 Å². The molecule has 0 fully saturated rings. The molecule has 0 radical (unpaired) electrons. The predicted molar refractivity (Wildman–Crippen MR) is 107 cm³/mol. The molecule has 0 amide bonds. The first kappa shape index (κ1) is 18.8. The molecule has 2 aromatic rings. The largest absolute Gasteiger partial charge is 0.356 e. The number of nitrogens with zero attached hydrogens (tertiary/aromatic N) is 2. The number of fused-ring (bicyclic) bond motifs is 1. The fourth-order valence-electron chi connectivity index (χ4n) is 3.20. The van der Waals surface area contributed by atoms with Gasteiger partial charge >= 0.3 is 0 Å². The Bertz CT molecular complexity index is 718. The van der Waals surface area contributed by atoms with Gasteiger partial charge in [-0.25, -0.2) is 9.37 Å². The number of benzene rings is 1. The Morgan fingerprint density at radius 3 is 2.77 bits per heavy atom. The zero-order valence-electron chi connectivity index (χ0n) is 15.4. The highest BCUT2D eigenvalue weighted by Gasteiger charge is 2.14. The van der Waals surface area contributed by atoms with Crippen molar-refractivity contribution >= 4 is 17.3 Å². The first-order chi connectivity index (χ1) is 12.8. The lowest BCUT2D eigenvalue weighted by Crippen LogP contribution is -2.38. The number of hydrogen-bond donors (Lipinski definition) is 2. The lowest BCUT2D eigenvalue weighted by Gasteiger charge is -2.11. The zero-order valence-corrected chi connectivity index (χ0v) is 16.2. The smallest absolute Gasteiger partial charge is 0.190 e. The monoisotopic (exact) mass is 374 g/mol. The number of aromatic nitrogens is 1. The molecule has 0 spiro atoms. The minimum Gasteiger partial charge on any atom is -0.356 e. The summed E-state index contributed by atoms with van der Waals surface area (Å²) in [6.07, 6.45) is 7.64. The average molecular weight is 375 g/mol. The number of aryl methyl sites for hydroxylation is 3. The van der Waals surface area contributed by atoms with Crippen molar-refractivity contribution in [1.82, 2.24) is 15.6 Å². The molecule has 0 saturated heterocycles. The van der Waals surface area contributed by atoms with Crippen molar-refractivity contribution in [1.29, 1.82) is 0 Å². The van der Waals surface area contributed by atoms with E-state index >= 15 is 0 Å². The number of guanidine groups is 1. The van der Waals surface area contributed by atoms with Crippen LogP contribution in [0.1, 0.15) is 40.4 Å². The second-order valence-corrected chi connectivity index (χ2v) is 7.72. The van der Waals surface area contributed by atoms with Crippen LogP contribution in [0.5, 0.6) is 0 Å². The van der Waals surface area contributed by atoms with Gasteiger partial charge in [0.25, 0.3) is 0 Å². The molecule has 140 valence electrons. The number of halogens is 1. The summed E-state index contributed by atoms with van der Waals surface area (Å²) in [6, 6.07) is 6.90. The van der Waals surface area contributed by atoms with E-state index in [-0.39, 0.29) is 5.82 Å². The molecule has 26 heavy (non-hydrogen) atoms. The molecule has 1 aromatic carbocycles. The van der Waals surface area contributed by atoms with E-state index in [1.807, 2.05) is 23.5 Å². The van der Waals surface area contributed by atoms with E-state index in [9.17, 15) is 4.39 Å². The van der Waals surface area contributed by atoms with Crippen molar-refractivity contribution in [2.24, 2.45) is 4.99 Å². The summed E-state index contributed by atoms with van der Waals surface area (Å²) in [6.45, 7) is 1.50. The maximum absolute atomic E-state index is 13.6. The fourth-order valence-corrected chi connectivity index (χ4v) is 4.39. The van der Waals surface area contributed by atoms with Crippen LogP contribution in [-0.4, -0.2) is 31.1 Å². The molecule has 0 unspecified atom stereocenters. The minimum atomic E-state index is -0.150. The van der Waals surface area contributed by atoms with E-state index in [1.54, 1.807) is 13.1 Å². The average Bonchev–Trinajstić information content (AvgIpc) is 3.08. The van der Waals surface area contributed by atoms with Crippen LogP contribution in [0.25, 0.3) is 0 Å². The second kappa shape index (κ2) is 9.67. The van der Waals surface area contributed by atoms with Gasteiger partial charge in [0.1, 0.15) is 5.82 Å². The van der Waals surface area contributed by atoms with Crippen LogP contribution in [0, 0.1) is 5.82 Å². The van der Waals surface area contributed by atoms with Crippen molar-refractivity contribution < 1.29 is 4.39 Å². The molecular weight excluding hydrogens is 347 g/mol. The first-order valence-electron chi connectivity index (χ1n) is 9.41. The highest BCUT2D eigenvalue weighted by atomic mass is 32.1. The predicted octanol–water partition coefficient (Wildman–Crippen LogP) is 3.50. The van der Waals surface area contributed by atoms with Crippen molar-refractivity contribution in [2.75, 3.05) is 20.1 Å². The summed E-state index contributed by atoms with van der Waals surface area (Å²) in [5.41, 5.74) is 2.07. The van der Waals surface area contributed by atoms with Crippen LogP contribution >= 0.6 is 11.3 Å². The Morgan fingerprint density at radius 1 is 1.15 bits per heavy atom. The Balaban J connectivity index is 1.35. The molecule has 0 saturated carbocycles. The third-order valence-electron chi connectivity index (χ3n) is 4.62. The van der Waals surface area contributed by atoms with E-state index < -0.39 is 0 Å². The molecule has 0 atom stereocenters. The molecule has 4 nitrogen and oxygen atoms in total. The standard InChI is InChI=1S/C20H27FN4S/c1-22-20(24-14-12-15-7-2-3-8-16(15)21)23-13-6-11-19-25-17-9-4-5-10-18(17)26-19/h2-3,7-8H,4-6,9-14H2,1H3,(H2,22,23,24). The number of rotatable bonds is 7. The number of thiazole rings is 1. The summed E-state index contributed by atoms with van der Waals surface area (Å²) in [7, 11) is 1.76.